The van der Waals surface area contributed by atoms with Gasteiger partial charge < -0.3 is 19.3 Å². The minimum absolute atomic E-state index is 0.0184. The molecule has 41 heavy (non-hydrogen) atoms. The number of carbonyl (C=O) groups excluding carboxylic acids is 4. The van der Waals surface area contributed by atoms with E-state index in [0.717, 1.165) is 24.5 Å². The summed E-state index contributed by atoms with van der Waals surface area (Å²) < 4.78 is 14.7. The van der Waals surface area contributed by atoms with E-state index in [2.05, 4.69) is 24.5 Å². The van der Waals surface area contributed by atoms with Crippen LogP contribution in [-0.4, -0.2) is 60.5 Å². The lowest BCUT2D eigenvalue weighted by molar-refractivity contribution is -0.201. The van der Waals surface area contributed by atoms with E-state index in [1.807, 2.05) is 63.3 Å². The van der Waals surface area contributed by atoms with Gasteiger partial charge in [-0.05, 0) is 43.4 Å². The molecule has 9 nitrogen and oxygen atoms in total. The largest absolute Gasteiger partial charge is 0.466 e. The molecule has 1 N–H and O–H groups in total. The maximum atomic E-state index is 12.5. The molecule has 1 rings (SSSR count). The van der Waals surface area contributed by atoms with Crippen molar-refractivity contribution in [2.45, 2.75) is 53.4 Å². The summed E-state index contributed by atoms with van der Waals surface area (Å²) in [6.07, 6.45) is 6.30. The third-order valence-electron chi connectivity index (χ3n) is 5.10. The Bertz CT molecular complexity index is 1100. The Kier molecular flexibility index (Phi) is 18.7. The second kappa shape index (κ2) is 20.8. The summed E-state index contributed by atoms with van der Waals surface area (Å²) in [4.78, 5) is 47.8. The molecule has 0 saturated carbocycles. The van der Waals surface area contributed by atoms with Gasteiger partial charge in [-0.2, -0.15) is 0 Å². The van der Waals surface area contributed by atoms with Gasteiger partial charge in [-0.15, -0.1) is 0 Å². The van der Waals surface area contributed by atoms with Gasteiger partial charge in [0.05, 0.1) is 25.9 Å². The number of rotatable bonds is 15. The maximum Gasteiger partial charge on any atom is 0.337 e. The third-order valence-corrected chi connectivity index (χ3v) is 5.10. The number of carbonyl (C=O) groups is 4. The number of esters is 2. The lowest BCUT2D eigenvalue weighted by atomic mass is 10.1. The predicted octanol–water partition coefficient (Wildman–Crippen LogP) is 5.14. The van der Waals surface area contributed by atoms with Crippen molar-refractivity contribution in [3.05, 3.63) is 90.6 Å². The van der Waals surface area contributed by atoms with E-state index < -0.39 is 24.2 Å². The zero-order valence-electron chi connectivity index (χ0n) is 24.8. The number of aliphatic hydroxyl groups excluding tert-OH is 1. The number of ether oxygens (including phenoxy) is 3. The number of imide groups is 1. The van der Waals surface area contributed by atoms with Gasteiger partial charge in [0.2, 0.25) is 6.41 Å². The molecule has 1 atom stereocenters. The third kappa shape index (κ3) is 15.3. The number of unbranched alkanes of at least 4 members (excludes halogenated alkanes) is 1. The van der Waals surface area contributed by atoms with Gasteiger partial charge in [0.15, 0.2) is 0 Å². The smallest absolute Gasteiger partial charge is 0.337 e. The monoisotopic (exact) mass is 569 g/mol. The molecular weight excluding hydrogens is 526 g/mol. The molecule has 1 unspecified atom stereocenters. The van der Waals surface area contributed by atoms with Crippen LogP contribution >= 0.6 is 0 Å². The second-order valence-corrected chi connectivity index (χ2v) is 9.23. The van der Waals surface area contributed by atoms with Gasteiger partial charge in [-0.3, -0.25) is 9.59 Å². The zero-order valence-corrected chi connectivity index (χ0v) is 24.8. The van der Waals surface area contributed by atoms with Crippen LogP contribution in [-0.2, 0) is 33.4 Å². The average Bonchev–Trinajstić information content (AvgIpc) is 2.96. The van der Waals surface area contributed by atoms with Crippen LogP contribution in [0, 0.1) is 5.92 Å². The van der Waals surface area contributed by atoms with Crippen molar-refractivity contribution in [2.24, 2.45) is 5.92 Å². The summed E-state index contributed by atoms with van der Waals surface area (Å²) in [7, 11) is 1.36. The molecule has 224 valence electrons. The first-order chi connectivity index (χ1) is 19.4. The predicted molar refractivity (Wildman–Crippen MR) is 159 cm³/mol. The van der Waals surface area contributed by atoms with Crippen LogP contribution in [0.25, 0.3) is 6.08 Å². The summed E-state index contributed by atoms with van der Waals surface area (Å²) in [6.45, 7) is 18.0. The van der Waals surface area contributed by atoms with Crippen LogP contribution in [0.3, 0.4) is 0 Å². The Morgan fingerprint density at radius 1 is 1.07 bits per heavy atom. The normalized spacial score (nSPS) is 11.6. The van der Waals surface area contributed by atoms with Crippen molar-refractivity contribution in [3.8, 4) is 0 Å². The SMILES string of the molecule is C=C(CC=Cc1ccccc1)C(=O)OC.C=CC(=O)N(C(=O)C(C)=CC(=C)C(=O)OCCCC)C(O)OCC(C)C. The van der Waals surface area contributed by atoms with Crippen LogP contribution in [0.4, 0.5) is 0 Å². The molecule has 1 aromatic rings. The van der Waals surface area contributed by atoms with Crippen LogP contribution in [0.2, 0.25) is 0 Å². The molecule has 0 bridgehead atoms. The standard InChI is InChI=1S/C19H29NO6.C13H14O2/c1-7-9-10-25-18(23)15(6)11-14(5)17(22)20(16(21)8-2)19(24)26-12-13(3)4;1-11(13(14)15-2)7-6-10-12-8-4-3-5-9-12/h8,11,13,19,24H,2,6-7,9-10,12H2,1,3-5H3;3-6,8-10H,1,7H2,2H3. The van der Waals surface area contributed by atoms with Gasteiger partial charge >= 0.3 is 11.9 Å². The Morgan fingerprint density at radius 2 is 1.71 bits per heavy atom. The maximum absolute atomic E-state index is 12.5. The van der Waals surface area contributed by atoms with Gasteiger partial charge in [0, 0.05) is 11.1 Å². The zero-order chi connectivity index (χ0) is 31.4. The summed E-state index contributed by atoms with van der Waals surface area (Å²) >= 11 is 0. The molecule has 0 aliphatic carbocycles. The first-order valence-corrected chi connectivity index (χ1v) is 13.2. The topological polar surface area (TPSA) is 119 Å². The van der Waals surface area contributed by atoms with Crippen molar-refractivity contribution in [1.82, 2.24) is 4.90 Å². The number of hydrogen-bond acceptors (Lipinski definition) is 8. The molecule has 9 heteroatoms. The molecule has 0 fully saturated rings. The minimum Gasteiger partial charge on any atom is -0.466 e. The second-order valence-electron chi connectivity index (χ2n) is 9.23. The van der Waals surface area contributed by atoms with E-state index in [4.69, 9.17) is 9.47 Å². The molecule has 0 aromatic heterocycles. The Labute approximate surface area is 243 Å². The molecule has 0 aliphatic rings. The summed E-state index contributed by atoms with van der Waals surface area (Å²) in [5.74, 6) is -2.56. The van der Waals surface area contributed by atoms with Crippen molar-refractivity contribution >= 4 is 29.8 Å². The summed E-state index contributed by atoms with van der Waals surface area (Å²) in [5, 5.41) is 10.0. The first-order valence-electron chi connectivity index (χ1n) is 13.2. The molecule has 0 heterocycles. The number of methoxy groups -OCH3 is 1. The van der Waals surface area contributed by atoms with Crippen LogP contribution in [0.15, 0.2) is 85.0 Å². The van der Waals surface area contributed by atoms with E-state index in [0.29, 0.717) is 16.9 Å². The number of nitrogens with zero attached hydrogens (tertiary/aromatic N) is 1. The van der Waals surface area contributed by atoms with Crippen LogP contribution in [0.1, 0.15) is 52.5 Å². The van der Waals surface area contributed by atoms with E-state index in [-0.39, 0.29) is 36.2 Å². The summed E-state index contributed by atoms with van der Waals surface area (Å²) in [5.41, 5.74) is 1.56. The quantitative estimate of drug-likeness (QED) is 0.101. The number of hydrogen-bond donors (Lipinski definition) is 1. The van der Waals surface area contributed by atoms with Crippen molar-refractivity contribution in [1.29, 1.82) is 0 Å². The van der Waals surface area contributed by atoms with Crippen LogP contribution < -0.4 is 0 Å². The molecule has 0 aliphatic heterocycles. The summed E-state index contributed by atoms with van der Waals surface area (Å²) in [6, 6.07) is 9.89. The molecule has 2 amide bonds. The van der Waals surface area contributed by atoms with E-state index in [1.54, 1.807) is 0 Å². The van der Waals surface area contributed by atoms with E-state index in [1.165, 1.54) is 20.1 Å². The highest BCUT2D eigenvalue weighted by Crippen LogP contribution is 2.12. The Balaban J connectivity index is 0.000000897. The van der Waals surface area contributed by atoms with Gasteiger partial charge in [-0.1, -0.05) is 89.4 Å². The van der Waals surface area contributed by atoms with Gasteiger partial charge in [0.1, 0.15) is 0 Å². The molecule has 0 saturated heterocycles. The number of amides is 2. The van der Waals surface area contributed by atoms with Gasteiger partial charge in [0.25, 0.3) is 11.8 Å². The van der Waals surface area contributed by atoms with E-state index in [9.17, 15) is 24.3 Å². The molecule has 0 radical (unpaired) electrons. The van der Waals surface area contributed by atoms with Crippen molar-refractivity contribution in [2.75, 3.05) is 20.3 Å². The average molecular weight is 570 g/mol. The number of benzene rings is 1. The Morgan fingerprint density at radius 3 is 2.24 bits per heavy atom. The minimum atomic E-state index is -1.76. The Hall–Kier alpha value is -4.08. The number of allylic oxidation sites excluding steroid dienone is 1. The van der Waals surface area contributed by atoms with Crippen molar-refractivity contribution in [3.63, 3.8) is 0 Å². The van der Waals surface area contributed by atoms with Gasteiger partial charge in [-0.25, -0.2) is 14.5 Å². The molecule has 1 aromatic carbocycles. The van der Waals surface area contributed by atoms with Crippen molar-refractivity contribution < 1.29 is 38.5 Å². The first kappa shape index (κ1) is 36.9. The highest BCUT2D eigenvalue weighted by Gasteiger charge is 2.29. The lowest BCUT2D eigenvalue weighted by Crippen LogP contribution is -2.46. The van der Waals surface area contributed by atoms with Crippen LogP contribution in [0.5, 0.6) is 0 Å². The highest BCUT2D eigenvalue weighted by molar-refractivity contribution is 6.08. The number of aliphatic hydroxyl groups is 1. The fourth-order valence-corrected chi connectivity index (χ4v) is 2.86. The fraction of sp³-hybridized carbons (Fsp3) is 0.375. The lowest BCUT2D eigenvalue weighted by Gasteiger charge is -2.25. The van der Waals surface area contributed by atoms with E-state index >= 15 is 0 Å². The fourth-order valence-electron chi connectivity index (χ4n) is 2.86. The highest BCUT2D eigenvalue weighted by atomic mass is 16.6. The molecule has 0 spiro atoms. The molecular formula is C32H43NO8.